The Kier molecular flexibility index (Phi) is 18.7. The van der Waals surface area contributed by atoms with E-state index in [1.165, 1.54) is 24.4 Å². The average Bonchev–Trinajstić information content (AvgIpc) is 3.32. The maximum Gasteiger partial charge on any atom is 0.255 e. The molecule has 5 rings (SSSR count). The van der Waals surface area contributed by atoms with Crippen molar-refractivity contribution in [3.8, 4) is 40.1 Å². The second kappa shape index (κ2) is 24.5. The highest BCUT2D eigenvalue weighted by molar-refractivity contribution is 6.00. The van der Waals surface area contributed by atoms with Gasteiger partial charge in [0, 0.05) is 43.2 Å². The van der Waals surface area contributed by atoms with E-state index in [9.17, 15) is 29.2 Å². The Morgan fingerprint density at radius 2 is 1.50 bits per heavy atom. The SMILES string of the molecule is CCC(=Cc1ccc(-c2nc(C)c(C(=O)NC(CCN)C(=O)N(C)C3C(=O)NC(C)C(=O)NC(C(=O)NCC#N)Cc4ccc(OCCN)c(c4)-c4cc3ccc4OCCN)c(C)n2)cc1)CC. The fourth-order valence-electron chi connectivity index (χ4n) is 7.95. The first-order valence-electron chi connectivity index (χ1n) is 22.8. The summed E-state index contributed by atoms with van der Waals surface area (Å²) in [6.45, 7) is 9.45. The quantitative estimate of drug-likeness (QED) is 0.0708. The number of amides is 5. The topological polar surface area (TPSA) is 283 Å². The molecule has 1 aliphatic rings. The Hall–Kier alpha value is -7.20. The minimum absolute atomic E-state index is 0.000763. The molecule has 0 spiro atoms. The van der Waals surface area contributed by atoms with Crippen LogP contribution in [0.4, 0.5) is 0 Å². The largest absolute Gasteiger partial charge is 0.492 e. The van der Waals surface area contributed by atoms with Gasteiger partial charge in [0.25, 0.3) is 5.91 Å². The normalized spacial score (nSPS) is 16.1. The van der Waals surface area contributed by atoms with Gasteiger partial charge in [-0.3, -0.25) is 24.0 Å². The molecule has 4 aromatic rings. The van der Waals surface area contributed by atoms with Crippen LogP contribution in [0.2, 0.25) is 0 Å². The fraction of sp³-hybridized carbons (Fsp3) is 0.400. The minimum atomic E-state index is -1.41. The van der Waals surface area contributed by atoms with Gasteiger partial charge >= 0.3 is 0 Å². The van der Waals surface area contributed by atoms with Crippen LogP contribution in [0, 0.1) is 25.2 Å². The highest BCUT2D eigenvalue weighted by atomic mass is 16.5. The summed E-state index contributed by atoms with van der Waals surface area (Å²) in [5.74, 6) is -2.14. The molecule has 1 aromatic heterocycles. The zero-order chi connectivity index (χ0) is 49.5. The Morgan fingerprint density at radius 1 is 0.882 bits per heavy atom. The predicted molar refractivity (Wildman–Crippen MR) is 259 cm³/mol. The highest BCUT2D eigenvalue weighted by Crippen LogP contribution is 2.40. The molecule has 0 radical (unpaired) electrons. The third-order valence-electron chi connectivity index (χ3n) is 11.6. The molecule has 4 unspecified atom stereocenters. The molecule has 10 N–H and O–H groups in total. The van der Waals surface area contributed by atoms with Gasteiger partial charge in [0.2, 0.25) is 23.6 Å². The Morgan fingerprint density at radius 3 is 2.09 bits per heavy atom. The van der Waals surface area contributed by atoms with Crippen molar-refractivity contribution in [2.45, 2.75) is 84.5 Å². The summed E-state index contributed by atoms with van der Waals surface area (Å²) in [6.07, 6.45) is 4.09. The molecule has 1 aliphatic heterocycles. The Labute approximate surface area is 397 Å². The van der Waals surface area contributed by atoms with E-state index in [1.54, 1.807) is 50.2 Å². The van der Waals surface area contributed by atoms with E-state index in [2.05, 4.69) is 51.2 Å². The number of nitrogens with one attached hydrogen (secondary N) is 4. The van der Waals surface area contributed by atoms with E-state index in [0.29, 0.717) is 51.0 Å². The number of likely N-dealkylation sites (N-methyl/N-ethyl adjacent to an activating group) is 1. The lowest BCUT2D eigenvalue weighted by molar-refractivity contribution is -0.141. The van der Waals surface area contributed by atoms with Crippen molar-refractivity contribution in [3.63, 3.8) is 0 Å². The van der Waals surface area contributed by atoms with Gasteiger partial charge in [-0.05, 0) is 87.5 Å². The summed E-state index contributed by atoms with van der Waals surface area (Å²) in [5, 5.41) is 20.0. The number of hydrogen-bond acceptors (Lipinski definition) is 13. The van der Waals surface area contributed by atoms with Crippen molar-refractivity contribution < 1.29 is 33.4 Å². The molecule has 360 valence electrons. The van der Waals surface area contributed by atoms with E-state index in [0.717, 1.165) is 24.0 Å². The number of carbonyl (C=O) groups is 5. The standard InChI is InChI=1S/C50H63N11O7/c1-7-32(8-2)25-33-9-12-35(13-10-33)45-56-29(3)43(30(4)57-45)48(64)59-39(17-18-51)50(66)61(6)44-36-14-16-42(68-24-21-54)38(28-36)37-26-34(11-15-41(37)67-23-20-53)27-40(47(63)55-22-19-52)60-46(62)31(5)58-49(44)65/h9-16,25-26,28,31,39-40,44H,7-8,17-18,20-24,27,51,53-54H2,1-6H3,(H,55,63)(H,58,65)(H,59,64)(H,60,62). The van der Waals surface area contributed by atoms with Crippen LogP contribution in [0.1, 0.15) is 84.5 Å². The molecular weight excluding hydrogens is 867 g/mol. The lowest BCUT2D eigenvalue weighted by Gasteiger charge is -2.32. The maximum atomic E-state index is 14.8. The molecule has 5 amide bonds. The predicted octanol–water partition coefficient (Wildman–Crippen LogP) is 3.14. The van der Waals surface area contributed by atoms with E-state index < -0.39 is 53.7 Å². The van der Waals surface area contributed by atoms with Crippen molar-refractivity contribution >= 4 is 35.6 Å². The number of carbonyl (C=O) groups excluding carboxylic acids is 5. The zero-order valence-electron chi connectivity index (χ0n) is 39.6. The Balaban J connectivity index is 1.55. The number of nitriles is 1. The van der Waals surface area contributed by atoms with Gasteiger partial charge in [-0.15, -0.1) is 0 Å². The molecule has 0 saturated carbocycles. The molecule has 18 heteroatoms. The van der Waals surface area contributed by atoms with Crippen molar-refractivity contribution in [1.82, 2.24) is 36.1 Å². The molecule has 4 atom stereocenters. The molecule has 4 bridgehead atoms. The van der Waals surface area contributed by atoms with Gasteiger partial charge in [0.1, 0.15) is 55.4 Å². The number of nitrogens with zero attached hydrogens (tertiary/aromatic N) is 4. The molecular formula is C50H63N11O7. The van der Waals surface area contributed by atoms with Gasteiger partial charge in [0.15, 0.2) is 5.82 Å². The number of hydrogen-bond donors (Lipinski definition) is 7. The van der Waals surface area contributed by atoms with E-state index in [-0.39, 0.29) is 57.8 Å². The first-order chi connectivity index (χ1) is 32.7. The first kappa shape index (κ1) is 51.8. The fourth-order valence-corrected chi connectivity index (χ4v) is 7.95. The smallest absolute Gasteiger partial charge is 0.255 e. The lowest BCUT2D eigenvalue weighted by atomic mass is 9.93. The molecule has 0 saturated heterocycles. The van der Waals surface area contributed by atoms with Crippen LogP contribution in [0.5, 0.6) is 11.5 Å². The van der Waals surface area contributed by atoms with Crippen LogP contribution in [-0.4, -0.2) is 109 Å². The van der Waals surface area contributed by atoms with Crippen molar-refractivity contribution in [2.24, 2.45) is 17.2 Å². The van der Waals surface area contributed by atoms with Crippen LogP contribution >= 0.6 is 0 Å². The minimum Gasteiger partial charge on any atom is -0.492 e. The van der Waals surface area contributed by atoms with Gasteiger partial charge in [0.05, 0.1) is 23.0 Å². The summed E-state index contributed by atoms with van der Waals surface area (Å²) in [5.41, 5.74) is 23.7. The van der Waals surface area contributed by atoms with E-state index in [1.807, 2.05) is 30.3 Å². The van der Waals surface area contributed by atoms with Crippen molar-refractivity contribution in [2.75, 3.05) is 46.4 Å². The summed E-state index contributed by atoms with van der Waals surface area (Å²) in [6, 6.07) is 14.9. The zero-order valence-corrected chi connectivity index (χ0v) is 39.6. The second-order valence-corrected chi connectivity index (χ2v) is 16.4. The molecule has 2 heterocycles. The summed E-state index contributed by atoms with van der Waals surface area (Å²) >= 11 is 0. The van der Waals surface area contributed by atoms with E-state index >= 15 is 0 Å². The monoisotopic (exact) mass is 929 g/mol. The lowest BCUT2D eigenvalue weighted by Crippen LogP contribution is -2.56. The molecule has 18 nitrogen and oxygen atoms in total. The number of benzene rings is 3. The highest BCUT2D eigenvalue weighted by Gasteiger charge is 2.36. The average molecular weight is 930 g/mol. The van der Waals surface area contributed by atoms with Gasteiger partial charge in [-0.2, -0.15) is 5.26 Å². The number of nitrogens with two attached hydrogens (primary N) is 3. The van der Waals surface area contributed by atoms with Crippen molar-refractivity contribution in [3.05, 3.63) is 99.9 Å². The number of aromatic nitrogens is 2. The van der Waals surface area contributed by atoms with Crippen LogP contribution < -0.4 is 47.9 Å². The third kappa shape index (κ3) is 12.8. The van der Waals surface area contributed by atoms with Crippen LogP contribution in [-0.2, 0) is 25.6 Å². The summed E-state index contributed by atoms with van der Waals surface area (Å²) in [7, 11) is 1.42. The number of rotatable bonds is 18. The molecule has 3 aromatic carbocycles. The molecule has 0 aliphatic carbocycles. The third-order valence-corrected chi connectivity index (χ3v) is 11.6. The van der Waals surface area contributed by atoms with Crippen LogP contribution in [0.15, 0.2) is 66.2 Å². The number of fused-ring (bicyclic) bond motifs is 5. The van der Waals surface area contributed by atoms with E-state index in [4.69, 9.17) is 26.7 Å². The second-order valence-electron chi connectivity index (χ2n) is 16.4. The van der Waals surface area contributed by atoms with Gasteiger partial charge in [-0.1, -0.05) is 61.9 Å². The number of aryl methyl sites for hydroxylation is 2. The Bertz CT molecular complexity index is 2510. The van der Waals surface area contributed by atoms with Crippen molar-refractivity contribution in [1.29, 1.82) is 5.26 Å². The molecule has 68 heavy (non-hydrogen) atoms. The number of allylic oxidation sites excluding steroid dienone is 1. The van der Waals surface area contributed by atoms with Crippen LogP contribution in [0.25, 0.3) is 28.6 Å². The number of ether oxygens (including phenoxy) is 2. The van der Waals surface area contributed by atoms with Gasteiger partial charge < -0.3 is 52.8 Å². The summed E-state index contributed by atoms with van der Waals surface area (Å²) in [4.78, 5) is 81.2. The molecule has 0 fully saturated rings. The maximum absolute atomic E-state index is 14.8. The first-order valence-corrected chi connectivity index (χ1v) is 22.8. The van der Waals surface area contributed by atoms with Gasteiger partial charge in [-0.25, -0.2) is 9.97 Å². The summed E-state index contributed by atoms with van der Waals surface area (Å²) < 4.78 is 12.2. The van der Waals surface area contributed by atoms with Crippen LogP contribution in [0.3, 0.4) is 0 Å².